The van der Waals surface area contributed by atoms with Crippen molar-refractivity contribution in [3.05, 3.63) is 72.0 Å². The summed E-state index contributed by atoms with van der Waals surface area (Å²) in [4.78, 5) is 26.1. The fourth-order valence-corrected chi connectivity index (χ4v) is 2.92. The molecule has 0 aliphatic rings. The molecule has 0 aliphatic carbocycles. The van der Waals surface area contributed by atoms with Crippen LogP contribution >= 0.6 is 0 Å². The molecule has 1 heterocycles. The summed E-state index contributed by atoms with van der Waals surface area (Å²) in [5.41, 5.74) is 1.94. The van der Waals surface area contributed by atoms with E-state index in [0.717, 1.165) is 17.1 Å². The quantitative estimate of drug-likeness (QED) is 0.653. The molecular weight excluding hydrogens is 368 g/mol. The molecule has 6 heteroatoms. The number of carbonyl (C=O) groups is 2. The molecule has 150 valence electrons. The summed E-state index contributed by atoms with van der Waals surface area (Å²) in [6.45, 7) is 0. The summed E-state index contributed by atoms with van der Waals surface area (Å²) >= 11 is 0. The minimum absolute atomic E-state index is 0.146. The Labute approximate surface area is 170 Å². The van der Waals surface area contributed by atoms with Crippen molar-refractivity contribution >= 4 is 17.5 Å². The Morgan fingerprint density at radius 1 is 1.03 bits per heavy atom. The van der Waals surface area contributed by atoms with Gasteiger partial charge in [-0.25, -0.2) is 0 Å². The lowest BCUT2D eigenvalue weighted by Gasteiger charge is -2.14. The van der Waals surface area contributed by atoms with Gasteiger partial charge < -0.3 is 19.4 Å². The number of rotatable bonds is 7. The summed E-state index contributed by atoms with van der Waals surface area (Å²) in [6, 6.07) is 18.6. The van der Waals surface area contributed by atoms with E-state index < -0.39 is 0 Å². The Bertz CT molecular complexity index is 993. The van der Waals surface area contributed by atoms with Crippen molar-refractivity contribution in [2.45, 2.75) is 12.8 Å². The number of nitrogens with one attached hydrogen (secondary N) is 1. The number of hydrogen-bond donors (Lipinski definition) is 1. The maximum Gasteiger partial charge on any atom is 0.253 e. The van der Waals surface area contributed by atoms with Crippen LogP contribution in [0, 0.1) is 0 Å². The predicted molar refractivity (Wildman–Crippen MR) is 112 cm³/mol. The fourth-order valence-electron chi connectivity index (χ4n) is 2.92. The van der Waals surface area contributed by atoms with Gasteiger partial charge in [0.1, 0.15) is 17.3 Å². The van der Waals surface area contributed by atoms with Crippen LogP contribution in [0.5, 0.6) is 5.75 Å². The first-order valence-corrected chi connectivity index (χ1v) is 9.31. The monoisotopic (exact) mass is 392 g/mol. The smallest absolute Gasteiger partial charge is 0.253 e. The van der Waals surface area contributed by atoms with Gasteiger partial charge in [0.15, 0.2) is 0 Å². The normalized spacial score (nSPS) is 10.4. The van der Waals surface area contributed by atoms with E-state index in [1.165, 1.54) is 12.0 Å². The average Bonchev–Trinajstić information content (AvgIpc) is 3.21. The van der Waals surface area contributed by atoms with E-state index in [2.05, 4.69) is 5.32 Å². The number of aryl methyl sites for hydroxylation is 1. The molecule has 6 nitrogen and oxygen atoms in total. The topological polar surface area (TPSA) is 71.8 Å². The zero-order chi connectivity index (χ0) is 20.8. The van der Waals surface area contributed by atoms with E-state index in [0.29, 0.717) is 23.4 Å². The third-order valence-electron chi connectivity index (χ3n) is 4.45. The second kappa shape index (κ2) is 9.10. The van der Waals surface area contributed by atoms with Crippen molar-refractivity contribution in [1.82, 2.24) is 4.90 Å². The summed E-state index contributed by atoms with van der Waals surface area (Å²) in [5.74, 6) is 1.68. The van der Waals surface area contributed by atoms with Crippen LogP contribution in [0.4, 0.5) is 5.69 Å². The number of amides is 2. The van der Waals surface area contributed by atoms with E-state index in [1.807, 2.05) is 42.5 Å². The molecule has 2 aromatic carbocycles. The van der Waals surface area contributed by atoms with E-state index in [4.69, 9.17) is 9.15 Å². The third kappa shape index (κ3) is 5.04. The number of benzene rings is 2. The van der Waals surface area contributed by atoms with Gasteiger partial charge in [0.2, 0.25) is 5.91 Å². The highest BCUT2D eigenvalue weighted by Crippen LogP contribution is 2.27. The molecule has 0 saturated heterocycles. The lowest BCUT2D eigenvalue weighted by atomic mass is 10.1. The fraction of sp³-hybridized carbons (Fsp3) is 0.217. The van der Waals surface area contributed by atoms with Gasteiger partial charge in [-0.3, -0.25) is 9.59 Å². The van der Waals surface area contributed by atoms with Gasteiger partial charge in [-0.15, -0.1) is 0 Å². The van der Waals surface area contributed by atoms with Crippen LogP contribution in [0.15, 0.2) is 65.1 Å². The maximum absolute atomic E-state index is 12.4. The highest BCUT2D eigenvalue weighted by atomic mass is 16.5. The van der Waals surface area contributed by atoms with Gasteiger partial charge >= 0.3 is 0 Å². The van der Waals surface area contributed by atoms with E-state index in [-0.39, 0.29) is 18.2 Å². The van der Waals surface area contributed by atoms with Gasteiger partial charge in [-0.1, -0.05) is 30.3 Å². The average molecular weight is 392 g/mol. The first-order chi connectivity index (χ1) is 14.0. The lowest BCUT2D eigenvalue weighted by molar-refractivity contribution is -0.116. The van der Waals surface area contributed by atoms with E-state index in [9.17, 15) is 9.59 Å². The van der Waals surface area contributed by atoms with Crippen LogP contribution in [-0.4, -0.2) is 37.9 Å². The Kier molecular flexibility index (Phi) is 6.34. The highest BCUT2D eigenvalue weighted by molar-refractivity contribution is 5.98. The van der Waals surface area contributed by atoms with Crippen LogP contribution in [0.2, 0.25) is 0 Å². The largest absolute Gasteiger partial charge is 0.495 e. The standard InChI is InChI=1S/C23H24N2O4/c1-25(2)23(27)17-9-12-21(28-3)19(15-17)24-22(26)14-11-18-10-13-20(29-18)16-7-5-4-6-8-16/h4-10,12-13,15H,11,14H2,1-3H3,(H,24,26). The molecule has 0 atom stereocenters. The molecule has 1 aromatic heterocycles. The second-order valence-electron chi connectivity index (χ2n) is 6.79. The summed E-state index contributed by atoms with van der Waals surface area (Å²) < 4.78 is 11.1. The molecule has 1 N–H and O–H groups in total. The molecule has 0 fully saturated rings. The van der Waals surface area contributed by atoms with Gasteiger partial charge in [-0.05, 0) is 30.3 Å². The number of furan rings is 1. The second-order valence-corrected chi connectivity index (χ2v) is 6.79. The van der Waals surface area contributed by atoms with Crippen LogP contribution < -0.4 is 10.1 Å². The van der Waals surface area contributed by atoms with Crippen molar-refractivity contribution in [3.63, 3.8) is 0 Å². The van der Waals surface area contributed by atoms with Crippen molar-refractivity contribution < 1.29 is 18.7 Å². The van der Waals surface area contributed by atoms with Gasteiger partial charge in [0.05, 0.1) is 12.8 Å². The zero-order valence-electron chi connectivity index (χ0n) is 16.8. The van der Waals surface area contributed by atoms with Gasteiger partial charge in [0, 0.05) is 38.1 Å². The third-order valence-corrected chi connectivity index (χ3v) is 4.45. The molecule has 3 rings (SSSR count). The minimum atomic E-state index is -0.185. The highest BCUT2D eigenvalue weighted by Gasteiger charge is 2.14. The Morgan fingerprint density at radius 3 is 2.48 bits per heavy atom. The van der Waals surface area contributed by atoms with Crippen molar-refractivity contribution in [3.8, 4) is 17.1 Å². The molecule has 29 heavy (non-hydrogen) atoms. The minimum Gasteiger partial charge on any atom is -0.495 e. The molecule has 0 unspecified atom stereocenters. The lowest BCUT2D eigenvalue weighted by Crippen LogP contribution is -2.22. The van der Waals surface area contributed by atoms with Crippen LogP contribution in [0.1, 0.15) is 22.5 Å². The zero-order valence-corrected chi connectivity index (χ0v) is 16.8. The Balaban J connectivity index is 1.64. The maximum atomic E-state index is 12.4. The van der Waals surface area contributed by atoms with E-state index in [1.54, 1.807) is 32.3 Å². The Morgan fingerprint density at radius 2 is 1.79 bits per heavy atom. The number of nitrogens with zero attached hydrogens (tertiary/aromatic N) is 1. The Hall–Kier alpha value is -3.54. The number of ether oxygens (including phenoxy) is 1. The summed E-state index contributed by atoms with van der Waals surface area (Å²) in [7, 11) is 4.88. The van der Waals surface area contributed by atoms with Crippen molar-refractivity contribution in [2.75, 3.05) is 26.5 Å². The number of carbonyl (C=O) groups excluding carboxylic acids is 2. The van der Waals surface area contributed by atoms with Gasteiger partial charge in [-0.2, -0.15) is 0 Å². The van der Waals surface area contributed by atoms with Crippen LogP contribution in [0.3, 0.4) is 0 Å². The molecule has 0 bridgehead atoms. The number of hydrogen-bond acceptors (Lipinski definition) is 4. The summed E-state index contributed by atoms with van der Waals surface area (Å²) in [6.07, 6.45) is 0.716. The summed E-state index contributed by atoms with van der Waals surface area (Å²) in [5, 5.41) is 2.83. The molecule has 0 saturated carbocycles. The van der Waals surface area contributed by atoms with Crippen molar-refractivity contribution in [1.29, 1.82) is 0 Å². The molecule has 0 spiro atoms. The van der Waals surface area contributed by atoms with Crippen LogP contribution in [0.25, 0.3) is 11.3 Å². The van der Waals surface area contributed by atoms with E-state index >= 15 is 0 Å². The number of methoxy groups -OCH3 is 1. The number of anilines is 1. The van der Waals surface area contributed by atoms with Crippen LogP contribution in [-0.2, 0) is 11.2 Å². The predicted octanol–water partition coefficient (Wildman–Crippen LogP) is 4.23. The molecular formula is C23H24N2O4. The molecule has 0 aliphatic heterocycles. The van der Waals surface area contributed by atoms with Crippen molar-refractivity contribution in [2.24, 2.45) is 0 Å². The first kappa shape index (κ1) is 20.2. The molecule has 3 aromatic rings. The first-order valence-electron chi connectivity index (χ1n) is 9.31. The molecule has 0 radical (unpaired) electrons. The van der Waals surface area contributed by atoms with Gasteiger partial charge in [0.25, 0.3) is 5.91 Å². The molecule has 2 amide bonds. The SMILES string of the molecule is COc1ccc(C(=O)N(C)C)cc1NC(=O)CCc1ccc(-c2ccccc2)o1.